The van der Waals surface area contributed by atoms with Crippen LogP contribution in [-0.4, -0.2) is 0 Å². The first-order chi connectivity index (χ1) is 11.8. The summed E-state index contributed by atoms with van der Waals surface area (Å²) in [6.07, 6.45) is 5.56. The Hall–Kier alpha value is -3.66. The van der Waals surface area contributed by atoms with Crippen LogP contribution >= 0.6 is 0 Å². The van der Waals surface area contributed by atoms with Crippen molar-refractivity contribution in [1.29, 1.82) is 0 Å². The van der Waals surface area contributed by atoms with Crippen LogP contribution in [-0.2, 0) is 0 Å². The molecule has 0 aromatic heterocycles. The second kappa shape index (κ2) is 7.56. The van der Waals surface area contributed by atoms with Crippen molar-refractivity contribution in [1.82, 2.24) is 0 Å². The fourth-order valence-corrected chi connectivity index (χ4v) is 2.19. The number of hydrogen-bond acceptors (Lipinski definition) is 0. The summed E-state index contributed by atoms with van der Waals surface area (Å²) in [6.45, 7) is 0. The Kier molecular flexibility index (Phi) is 4.80. The van der Waals surface area contributed by atoms with Gasteiger partial charge in [0.25, 0.3) is 0 Å². The second-order valence-corrected chi connectivity index (χ2v) is 5.18. The summed E-state index contributed by atoms with van der Waals surface area (Å²) in [6, 6.07) is 25.5. The molecule has 3 aromatic carbocycles. The molecule has 0 unspecified atom stereocenters. The third kappa shape index (κ3) is 4.18. The predicted molar refractivity (Wildman–Crippen MR) is 99.2 cm³/mol. The Morgan fingerprint density at radius 3 is 1.25 bits per heavy atom. The molecule has 0 atom stereocenters. The molecule has 0 heterocycles. The van der Waals surface area contributed by atoms with E-state index in [0.717, 1.165) is 27.8 Å². The van der Waals surface area contributed by atoms with Crippen LogP contribution in [0.4, 0.5) is 0 Å². The van der Waals surface area contributed by atoms with E-state index in [4.69, 9.17) is 6.42 Å². The number of terminal acetylenes is 1. The average molecular weight is 302 g/mol. The van der Waals surface area contributed by atoms with E-state index in [2.05, 4.69) is 29.6 Å². The smallest absolute Gasteiger partial charge is 0.0273 e. The maximum Gasteiger partial charge on any atom is 0.0273 e. The fourth-order valence-electron chi connectivity index (χ4n) is 2.19. The molecule has 0 heteroatoms. The first-order valence-corrected chi connectivity index (χ1v) is 7.59. The van der Waals surface area contributed by atoms with E-state index in [-0.39, 0.29) is 0 Å². The van der Waals surface area contributed by atoms with Crippen molar-refractivity contribution in [2.75, 3.05) is 0 Å². The van der Waals surface area contributed by atoms with E-state index >= 15 is 0 Å². The van der Waals surface area contributed by atoms with Gasteiger partial charge in [0.1, 0.15) is 0 Å². The number of hydrogen-bond donors (Lipinski definition) is 0. The molecule has 0 amide bonds. The van der Waals surface area contributed by atoms with Crippen molar-refractivity contribution < 1.29 is 0 Å². The lowest BCUT2D eigenvalue weighted by molar-refractivity contribution is 1.55. The molecule has 0 spiro atoms. The Balaban J connectivity index is 1.94. The van der Waals surface area contributed by atoms with Crippen molar-refractivity contribution in [2.45, 2.75) is 0 Å². The van der Waals surface area contributed by atoms with Gasteiger partial charge in [-0.2, -0.15) is 0 Å². The van der Waals surface area contributed by atoms with Gasteiger partial charge in [-0.3, -0.25) is 0 Å². The average Bonchev–Trinajstić information content (AvgIpc) is 2.66. The van der Waals surface area contributed by atoms with E-state index in [1.54, 1.807) is 0 Å². The first-order valence-electron chi connectivity index (χ1n) is 7.59. The van der Waals surface area contributed by atoms with E-state index in [9.17, 15) is 0 Å². The van der Waals surface area contributed by atoms with Crippen LogP contribution in [0.2, 0.25) is 0 Å². The van der Waals surface area contributed by atoms with Crippen LogP contribution in [0.25, 0.3) is 0 Å². The third-order valence-electron chi connectivity index (χ3n) is 3.35. The minimum atomic E-state index is 0.784. The molecule has 0 aliphatic rings. The van der Waals surface area contributed by atoms with E-state index in [1.807, 2.05) is 78.9 Å². The first kappa shape index (κ1) is 15.2. The van der Waals surface area contributed by atoms with Gasteiger partial charge >= 0.3 is 0 Å². The molecule has 0 fully saturated rings. The zero-order chi connectivity index (χ0) is 16.6. The Morgan fingerprint density at radius 2 is 0.833 bits per heavy atom. The molecule has 0 aliphatic carbocycles. The maximum absolute atomic E-state index is 5.56. The molecule has 0 bridgehead atoms. The third-order valence-corrected chi connectivity index (χ3v) is 3.35. The van der Waals surface area contributed by atoms with Gasteiger partial charge in [0.05, 0.1) is 0 Å². The van der Waals surface area contributed by atoms with Crippen LogP contribution in [0.5, 0.6) is 0 Å². The highest BCUT2D eigenvalue weighted by atomic mass is 14.0. The molecular formula is C24H14. The normalized spacial score (nSPS) is 8.96. The Bertz CT molecular complexity index is 920. The zero-order valence-electron chi connectivity index (χ0n) is 13.1. The molecule has 3 aromatic rings. The zero-order valence-corrected chi connectivity index (χ0v) is 13.1. The van der Waals surface area contributed by atoms with Gasteiger partial charge < -0.3 is 0 Å². The van der Waals surface area contributed by atoms with Crippen LogP contribution in [0, 0.1) is 36.0 Å². The van der Waals surface area contributed by atoms with Crippen LogP contribution in [0.3, 0.4) is 0 Å². The van der Waals surface area contributed by atoms with E-state index in [1.165, 1.54) is 0 Å². The fraction of sp³-hybridized carbons (Fsp3) is 0. The molecule has 3 rings (SSSR count). The van der Waals surface area contributed by atoms with E-state index in [0.29, 0.717) is 0 Å². The van der Waals surface area contributed by atoms with Gasteiger partial charge in [-0.05, 0) is 42.5 Å². The highest BCUT2D eigenvalue weighted by Crippen LogP contribution is 2.09. The molecular weight excluding hydrogens is 288 g/mol. The Labute approximate surface area is 143 Å². The monoisotopic (exact) mass is 302 g/mol. The SMILES string of the molecule is C#Cc1cc(C#Cc2ccccc2)cc(C#Cc2ccccc2)c1. The van der Waals surface area contributed by atoms with Crippen molar-refractivity contribution >= 4 is 0 Å². The number of rotatable bonds is 0. The maximum atomic E-state index is 5.56. The summed E-state index contributed by atoms with van der Waals surface area (Å²) in [5, 5.41) is 0. The van der Waals surface area contributed by atoms with Gasteiger partial charge in [-0.25, -0.2) is 0 Å². The largest absolute Gasteiger partial charge is 0.115 e. The molecule has 110 valence electrons. The lowest BCUT2D eigenvalue weighted by Gasteiger charge is -1.97. The van der Waals surface area contributed by atoms with Crippen molar-refractivity contribution in [2.24, 2.45) is 0 Å². The van der Waals surface area contributed by atoms with Crippen molar-refractivity contribution in [3.63, 3.8) is 0 Å². The summed E-state index contributed by atoms with van der Waals surface area (Å²) in [5.74, 6) is 15.3. The highest BCUT2D eigenvalue weighted by molar-refractivity contribution is 5.53. The van der Waals surface area contributed by atoms with Crippen molar-refractivity contribution in [3.8, 4) is 36.0 Å². The lowest BCUT2D eigenvalue weighted by atomic mass is 10.1. The van der Waals surface area contributed by atoms with E-state index < -0.39 is 0 Å². The van der Waals surface area contributed by atoms with Crippen LogP contribution < -0.4 is 0 Å². The van der Waals surface area contributed by atoms with Crippen molar-refractivity contribution in [3.05, 3.63) is 107 Å². The summed E-state index contributed by atoms with van der Waals surface area (Å²) in [4.78, 5) is 0. The van der Waals surface area contributed by atoms with Gasteiger partial charge in [-0.1, -0.05) is 66.0 Å². The van der Waals surface area contributed by atoms with Crippen LogP contribution in [0.15, 0.2) is 78.9 Å². The minimum Gasteiger partial charge on any atom is -0.115 e. The van der Waals surface area contributed by atoms with Crippen LogP contribution in [0.1, 0.15) is 27.8 Å². The number of benzene rings is 3. The molecule has 0 N–H and O–H groups in total. The minimum absolute atomic E-state index is 0.784. The summed E-state index contributed by atoms with van der Waals surface area (Å²) >= 11 is 0. The van der Waals surface area contributed by atoms with Gasteiger partial charge in [-0.15, -0.1) is 6.42 Å². The Morgan fingerprint density at radius 1 is 0.458 bits per heavy atom. The topological polar surface area (TPSA) is 0 Å². The summed E-state index contributed by atoms with van der Waals surface area (Å²) in [5.41, 5.74) is 4.46. The van der Waals surface area contributed by atoms with Gasteiger partial charge in [0.15, 0.2) is 0 Å². The highest BCUT2D eigenvalue weighted by Gasteiger charge is 1.96. The molecule has 0 saturated heterocycles. The summed E-state index contributed by atoms with van der Waals surface area (Å²) < 4.78 is 0. The van der Waals surface area contributed by atoms with Gasteiger partial charge in [0.2, 0.25) is 0 Å². The second-order valence-electron chi connectivity index (χ2n) is 5.18. The molecule has 0 aliphatic heterocycles. The lowest BCUT2D eigenvalue weighted by Crippen LogP contribution is -1.84. The summed E-state index contributed by atoms with van der Waals surface area (Å²) in [7, 11) is 0. The molecule has 0 radical (unpaired) electrons. The molecule has 24 heavy (non-hydrogen) atoms. The molecule has 0 nitrogen and oxygen atoms in total. The molecule has 0 saturated carbocycles. The quantitative estimate of drug-likeness (QED) is 0.538. The standard InChI is InChI=1S/C24H14/c1-2-20-17-23(15-13-21-9-5-3-6-10-21)19-24(18-20)16-14-22-11-7-4-8-12-22/h1,3-12,17-19H. The van der Waals surface area contributed by atoms with Gasteiger partial charge in [0, 0.05) is 27.8 Å². The predicted octanol–water partition coefficient (Wildman–Crippen LogP) is 4.47.